The second kappa shape index (κ2) is 20.8. The van der Waals surface area contributed by atoms with E-state index < -0.39 is 0 Å². The van der Waals surface area contributed by atoms with Crippen molar-refractivity contribution in [2.75, 3.05) is 9.80 Å². The Kier molecular flexibility index (Phi) is 14.8. The smallest absolute Gasteiger partial charge is 0.0467 e. The summed E-state index contributed by atoms with van der Waals surface area (Å²) in [6.07, 6.45) is 21.7. The highest BCUT2D eigenvalue weighted by Crippen LogP contribution is 2.57. The van der Waals surface area contributed by atoms with Gasteiger partial charge in [0.25, 0.3) is 0 Å². The van der Waals surface area contributed by atoms with Crippen LogP contribution >= 0.6 is 0 Å². The van der Waals surface area contributed by atoms with E-state index in [0.717, 1.165) is 35.3 Å². The molecule has 2 heteroatoms. The molecule has 6 aromatic rings. The van der Waals surface area contributed by atoms with Crippen LogP contribution in [0.25, 0.3) is 23.3 Å². The Labute approximate surface area is 368 Å². The molecule has 2 nitrogen and oxygen atoms in total. The molecule has 0 unspecified atom stereocenters. The summed E-state index contributed by atoms with van der Waals surface area (Å²) in [6, 6.07) is 50.3. The van der Waals surface area contributed by atoms with Crippen LogP contribution in [0.15, 0.2) is 147 Å². The third kappa shape index (κ3) is 9.97. The molecule has 0 amide bonds. The first-order chi connectivity index (χ1) is 29.9. The molecule has 7 rings (SSSR count). The number of aryl methyl sites for hydroxylation is 2. The predicted molar refractivity (Wildman–Crippen MR) is 268 cm³/mol. The van der Waals surface area contributed by atoms with Crippen LogP contribution in [0, 0.1) is 13.8 Å². The van der Waals surface area contributed by atoms with Gasteiger partial charge in [-0.05, 0) is 144 Å². The maximum atomic E-state index is 4.13. The van der Waals surface area contributed by atoms with Gasteiger partial charge in [0, 0.05) is 39.5 Å². The molecule has 0 aliphatic heterocycles. The average Bonchev–Trinajstić information content (AvgIpc) is 3.54. The van der Waals surface area contributed by atoms with E-state index in [9.17, 15) is 0 Å². The van der Waals surface area contributed by atoms with Crippen molar-refractivity contribution < 1.29 is 0 Å². The Morgan fingerprint density at radius 1 is 0.410 bits per heavy atom. The number of hydrogen-bond donors (Lipinski definition) is 0. The van der Waals surface area contributed by atoms with Crippen molar-refractivity contribution in [2.24, 2.45) is 0 Å². The van der Waals surface area contributed by atoms with E-state index in [0.29, 0.717) is 0 Å². The van der Waals surface area contributed by atoms with Crippen LogP contribution in [0.1, 0.15) is 137 Å². The van der Waals surface area contributed by atoms with Gasteiger partial charge in [0.1, 0.15) is 0 Å². The molecule has 6 aromatic carbocycles. The number of hydrogen-bond acceptors (Lipinski definition) is 2. The van der Waals surface area contributed by atoms with Gasteiger partial charge < -0.3 is 9.80 Å². The van der Waals surface area contributed by atoms with Gasteiger partial charge in [0.2, 0.25) is 0 Å². The first-order valence-corrected chi connectivity index (χ1v) is 23.4. The molecular formula is C59H68N2. The van der Waals surface area contributed by atoms with E-state index in [1.807, 2.05) is 12.2 Å². The Balaban J connectivity index is 1.42. The summed E-state index contributed by atoms with van der Waals surface area (Å²) in [5.74, 6) is 0. The van der Waals surface area contributed by atoms with Gasteiger partial charge in [0.05, 0.1) is 0 Å². The Morgan fingerprint density at radius 3 is 1.16 bits per heavy atom. The Hall–Kier alpha value is -5.60. The molecule has 61 heavy (non-hydrogen) atoms. The van der Waals surface area contributed by atoms with Gasteiger partial charge in [-0.2, -0.15) is 0 Å². The third-order valence-corrected chi connectivity index (χ3v) is 13.0. The van der Waals surface area contributed by atoms with Gasteiger partial charge in [-0.25, -0.2) is 0 Å². The lowest BCUT2D eigenvalue weighted by Gasteiger charge is -2.35. The normalized spacial score (nSPS) is 12.5. The van der Waals surface area contributed by atoms with Crippen molar-refractivity contribution in [3.63, 3.8) is 0 Å². The van der Waals surface area contributed by atoms with Crippen molar-refractivity contribution in [3.05, 3.63) is 180 Å². The Bertz CT molecular complexity index is 2230. The fourth-order valence-corrected chi connectivity index (χ4v) is 9.84. The first kappa shape index (κ1) is 43.5. The number of anilines is 6. The van der Waals surface area contributed by atoms with Crippen molar-refractivity contribution in [1.82, 2.24) is 0 Å². The number of nitrogens with zero attached hydrogens (tertiary/aromatic N) is 2. The lowest BCUT2D eigenvalue weighted by Crippen LogP contribution is -2.26. The molecule has 0 heterocycles. The van der Waals surface area contributed by atoms with Crippen molar-refractivity contribution in [1.29, 1.82) is 0 Å². The number of benzene rings is 6. The maximum Gasteiger partial charge on any atom is 0.0467 e. The largest absolute Gasteiger partial charge is 0.310 e. The highest BCUT2D eigenvalue weighted by atomic mass is 15.1. The fraction of sp³-hybridized carbons (Fsp3) is 0.322. The standard InChI is InChI=1S/C59H68N2/c1-7-11-13-15-17-19-37-59(38-20-18-16-14-12-8-2)57-43-53(60(49-29-21-25-45(5)39-49)51-31-23-27-47(9-3)41-51)33-35-55(57)56-36-34-54(44-58(56)59)61(50-30-22-26-46(6)40-50)52-32-24-28-48(10-4)42-52/h9-10,21-36,39-44H,3-4,7-8,11-20,37-38H2,1-2,5-6H3. The van der Waals surface area contributed by atoms with E-state index in [1.165, 1.54) is 133 Å². The molecule has 0 N–H and O–H groups in total. The lowest BCUT2D eigenvalue weighted by atomic mass is 9.70. The molecule has 0 saturated heterocycles. The van der Waals surface area contributed by atoms with Crippen LogP contribution in [0.3, 0.4) is 0 Å². The van der Waals surface area contributed by atoms with Crippen LogP contribution in [0.5, 0.6) is 0 Å². The molecule has 0 aromatic heterocycles. The summed E-state index contributed by atoms with van der Waals surface area (Å²) in [6.45, 7) is 17.3. The van der Waals surface area contributed by atoms with Gasteiger partial charge in [-0.3, -0.25) is 0 Å². The van der Waals surface area contributed by atoms with E-state index >= 15 is 0 Å². The third-order valence-electron chi connectivity index (χ3n) is 13.0. The minimum absolute atomic E-state index is 0.116. The van der Waals surface area contributed by atoms with E-state index in [2.05, 4.69) is 184 Å². The quantitative estimate of drug-likeness (QED) is 0.0631. The summed E-state index contributed by atoms with van der Waals surface area (Å²) < 4.78 is 0. The monoisotopic (exact) mass is 805 g/mol. The van der Waals surface area contributed by atoms with Crippen LogP contribution in [-0.4, -0.2) is 0 Å². The van der Waals surface area contributed by atoms with E-state index in [1.54, 1.807) is 0 Å². The van der Waals surface area contributed by atoms with E-state index in [-0.39, 0.29) is 5.41 Å². The topological polar surface area (TPSA) is 6.48 Å². The van der Waals surface area contributed by atoms with E-state index in [4.69, 9.17) is 0 Å². The zero-order valence-electron chi connectivity index (χ0n) is 37.6. The molecule has 1 aliphatic carbocycles. The molecule has 0 spiro atoms. The lowest BCUT2D eigenvalue weighted by molar-refractivity contribution is 0.398. The highest BCUT2D eigenvalue weighted by molar-refractivity contribution is 5.89. The van der Waals surface area contributed by atoms with Gasteiger partial charge >= 0.3 is 0 Å². The molecule has 0 fully saturated rings. The SMILES string of the molecule is C=Cc1cccc(N(c2cccc(C)c2)c2ccc3c(c2)C(CCCCCCCC)(CCCCCCCC)c2cc(N(c4cccc(C)c4)c4cccc(C=C)c4)ccc2-3)c1. The number of fused-ring (bicyclic) bond motifs is 3. The minimum atomic E-state index is -0.116. The van der Waals surface area contributed by atoms with Gasteiger partial charge in [-0.15, -0.1) is 0 Å². The minimum Gasteiger partial charge on any atom is -0.310 e. The van der Waals surface area contributed by atoms with Gasteiger partial charge in [0.15, 0.2) is 0 Å². The molecule has 314 valence electrons. The molecule has 0 radical (unpaired) electrons. The molecule has 0 saturated carbocycles. The fourth-order valence-electron chi connectivity index (χ4n) is 9.84. The molecule has 1 aliphatic rings. The van der Waals surface area contributed by atoms with Crippen molar-refractivity contribution in [2.45, 2.75) is 123 Å². The summed E-state index contributed by atoms with van der Waals surface area (Å²) in [5.41, 5.74) is 17.4. The van der Waals surface area contributed by atoms with Crippen molar-refractivity contribution >= 4 is 46.3 Å². The Morgan fingerprint density at radius 2 is 0.770 bits per heavy atom. The highest BCUT2D eigenvalue weighted by Gasteiger charge is 2.43. The molecule has 0 bridgehead atoms. The second-order valence-electron chi connectivity index (χ2n) is 17.5. The first-order valence-electron chi connectivity index (χ1n) is 23.4. The average molecular weight is 805 g/mol. The second-order valence-corrected chi connectivity index (χ2v) is 17.5. The summed E-state index contributed by atoms with van der Waals surface area (Å²) in [4.78, 5) is 4.92. The van der Waals surface area contributed by atoms with Crippen LogP contribution < -0.4 is 9.80 Å². The zero-order chi connectivity index (χ0) is 42.6. The van der Waals surface area contributed by atoms with Crippen LogP contribution in [-0.2, 0) is 5.41 Å². The summed E-state index contributed by atoms with van der Waals surface area (Å²) >= 11 is 0. The predicted octanol–water partition coefficient (Wildman–Crippen LogP) is 18.3. The van der Waals surface area contributed by atoms with Crippen LogP contribution in [0.4, 0.5) is 34.1 Å². The summed E-state index contributed by atoms with van der Waals surface area (Å²) in [7, 11) is 0. The summed E-state index contributed by atoms with van der Waals surface area (Å²) in [5, 5.41) is 0. The zero-order valence-corrected chi connectivity index (χ0v) is 37.6. The number of rotatable bonds is 22. The van der Waals surface area contributed by atoms with Crippen molar-refractivity contribution in [3.8, 4) is 11.1 Å². The molecular weight excluding hydrogens is 737 g/mol. The van der Waals surface area contributed by atoms with Crippen LogP contribution in [0.2, 0.25) is 0 Å². The number of unbranched alkanes of at least 4 members (excludes halogenated alkanes) is 10. The maximum absolute atomic E-state index is 4.13. The van der Waals surface area contributed by atoms with Gasteiger partial charge in [-0.1, -0.05) is 177 Å². The molecule has 0 atom stereocenters.